The van der Waals surface area contributed by atoms with Crippen molar-refractivity contribution in [3.8, 4) is 0 Å². The van der Waals surface area contributed by atoms with Crippen LogP contribution in [-0.2, 0) is 28.5 Å². The number of likely N-dealkylation sites (N-methyl/N-ethyl adjacent to an activating group) is 1. The molecule has 0 aliphatic carbocycles. The highest BCUT2D eigenvalue weighted by Crippen LogP contribution is 2.12. The monoisotopic (exact) mass is 476 g/mol. The number of hydrogen-bond donors (Lipinski definition) is 2. The molecule has 0 heterocycles. The lowest BCUT2D eigenvalue weighted by Gasteiger charge is -2.27. The summed E-state index contributed by atoms with van der Waals surface area (Å²) in [4.78, 5) is 37.5. The van der Waals surface area contributed by atoms with Gasteiger partial charge in [-0.1, -0.05) is 33.5 Å². The van der Waals surface area contributed by atoms with Crippen molar-refractivity contribution in [1.82, 2.24) is 10.6 Å². The summed E-state index contributed by atoms with van der Waals surface area (Å²) in [5, 5.41) is 5.38. The summed E-state index contributed by atoms with van der Waals surface area (Å²) in [5.41, 5.74) is -0.757. The zero-order chi connectivity index (χ0) is 25.1. The lowest BCUT2D eigenvalue weighted by molar-refractivity contribution is -0.166. The van der Waals surface area contributed by atoms with Crippen molar-refractivity contribution in [2.45, 2.75) is 97.4 Å². The van der Waals surface area contributed by atoms with Crippen molar-refractivity contribution in [3.05, 3.63) is 0 Å². The van der Waals surface area contributed by atoms with Gasteiger partial charge in [-0.3, -0.25) is 4.79 Å². The van der Waals surface area contributed by atoms with Gasteiger partial charge in [-0.05, 0) is 53.1 Å². The van der Waals surface area contributed by atoms with E-state index in [1.54, 1.807) is 27.8 Å². The normalized spacial score (nSPS) is 15.0. The summed E-state index contributed by atoms with van der Waals surface area (Å²) < 4.78 is 21.3. The first-order chi connectivity index (χ1) is 14.6. The van der Waals surface area contributed by atoms with Gasteiger partial charge in [0.1, 0.15) is 17.7 Å². The number of ether oxygens (including phenoxy) is 4. The molecule has 1 amide bonds. The van der Waals surface area contributed by atoms with Crippen LogP contribution in [0, 0.1) is 5.92 Å². The number of carbonyl (C=O) groups excluding carboxylic acids is 3. The van der Waals surface area contributed by atoms with E-state index in [2.05, 4.69) is 30.3 Å². The third kappa shape index (κ3) is 14.4. The van der Waals surface area contributed by atoms with E-state index in [1.807, 2.05) is 13.8 Å². The molecule has 32 heavy (non-hydrogen) atoms. The van der Waals surface area contributed by atoms with Crippen LogP contribution in [-0.4, -0.2) is 70.3 Å². The molecule has 10 heteroatoms. The third-order valence-corrected chi connectivity index (χ3v) is 6.02. The van der Waals surface area contributed by atoms with Crippen molar-refractivity contribution < 1.29 is 33.3 Å². The van der Waals surface area contributed by atoms with Crippen LogP contribution in [0.15, 0.2) is 0 Å². The molecule has 0 unspecified atom stereocenters. The fourth-order valence-electron chi connectivity index (χ4n) is 2.57. The van der Waals surface area contributed by atoms with Crippen LogP contribution in [0.25, 0.3) is 0 Å². The Bertz CT molecular complexity index is 600. The van der Waals surface area contributed by atoms with E-state index in [0.29, 0.717) is 13.0 Å². The Labute approximate surface area is 194 Å². The summed E-state index contributed by atoms with van der Waals surface area (Å²) in [6.07, 6.45) is -1.22. The molecule has 0 radical (unpaired) electrons. The molecule has 0 saturated carbocycles. The maximum absolute atomic E-state index is 12.7. The molecule has 0 aromatic rings. The van der Waals surface area contributed by atoms with E-state index >= 15 is 0 Å². The zero-order valence-corrected chi connectivity index (χ0v) is 22.5. The molecule has 0 aliphatic rings. The Hall–Kier alpha value is -1.65. The number of carbonyl (C=O) groups is 3. The molecule has 0 aromatic carbocycles. The molecular weight excluding hydrogens is 432 g/mol. The van der Waals surface area contributed by atoms with Gasteiger partial charge in [0, 0.05) is 14.7 Å². The van der Waals surface area contributed by atoms with Crippen molar-refractivity contribution in [2.75, 3.05) is 20.4 Å². The van der Waals surface area contributed by atoms with Gasteiger partial charge in [-0.25, -0.2) is 9.59 Å². The molecular formula is C22H44N2O7Si. The topological polar surface area (TPSA) is 112 Å². The van der Waals surface area contributed by atoms with Gasteiger partial charge in [0.25, 0.3) is 0 Å². The summed E-state index contributed by atoms with van der Waals surface area (Å²) in [5.74, 6) is -1.01. The molecule has 0 aromatic heterocycles. The molecule has 0 saturated heterocycles. The highest BCUT2D eigenvalue weighted by Gasteiger charge is 2.34. The standard InChI is InChI=1S/C22H44N2O7Si/c1-15(2)13-17(23-7)19(25)30-16(3)18(24-21(27)31-22(4,5)6)20(26)29-14-28-11-12-32(8,9)10/h15-18,23H,11-14H2,1-10H3,(H,24,27)/t16-,17+,18+/m1/s1. The molecule has 3 atom stereocenters. The quantitative estimate of drug-likeness (QED) is 0.137. The second kappa shape index (κ2) is 13.8. The van der Waals surface area contributed by atoms with Crippen LogP contribution in [0.1, 0.15) is 48.0 Å². The van der Waals surface area contributed by atoms with E-state index < -0.39 is 49.9 Å². The van der Waals surface area contributed by atoms with Gasteiger partial charge in [0.2, 0.25) is 0 Å². The van der Waals surface area contributed by atoms with Gasteiger partial charge in [-0.2, -0.15) is 0 Å². The van der Waals surface area contributed by atoms with E-state index in [-0.39, 0.29) is 12.7 Å². The van der Waals surface area contributed by atoms with Crippen molar-refractivity contribution in [2.24, 2.45) is 5.92 Å². The molecule has 188 valence electrons. The summed E-state index contributed by atoms with van der Waals surface area (Å²) in [7, 11) is 0.402. The average Bonchev–Trinajstić information content (AvgIpc) is 2.60. The second-order valence-corrected chi connectivity index (χ2v) is 16.2. The van der Waals surface area contributed by atoms with Crippen LogP contribution in [0.5, 0.6) is 0 Å². The minimum Gasteiger partial charge on any atom is -0.459 e. The molecule has 2 N–H and O–H groups in total. The maximum Gasteiger partial charge on any atom is 0.408 e. The molecule has 0 bridgehead atoms. The lowest BCUT2D eigenvalue weighted by Crippen LogP contribution is -2.52. The fraction of sp³-hybridized carbons (Fsp3) is 0.864. The van der Waals surface area contributed by atoms with Crippen molar-refractivity contribution in [3.63, 3.8) is 0 Å². The van der Waals surface area contributed by atoms with Gasteiger partial charge in [0.05, 0.1) is 0 Å². The van der Waals surface area contributed by atoms with Crippen LogP contribution in [0.4, 0.5) is 4.79 Å². The Kier molecular flexibility index (Phi) is 13.1. The maximum atomic E-state index is 12.7. The molecule has 0 aliphatic heterocycles. The molecule has 0 rings (SSSR count). The minimum absolute atomic E-state index is 0.247. The number of alkyl carbamates (subject to hydrolysis) is 1. The van der Waals surface area contributed by atoms with Crippen LogP contribution < -0.4 is 10.6 Å². The Balaban J connectivity index is 5.13. The van der Waals surface area contributed by atoms with E-state index in [4.69, 9.17) is 18.9 Å². The van der Waals surface area contributed by atoms with E-state index in [0.717, 1.165) is 6.04 Å². The second-order valence-electron chi connectivity index (χ2n) is 10.5. The number of hydrogen-bond acceptors (Lipinski definition) is 8. The zero-order valence-electron chi connectivity index (χ0n) is 21.5. The van der Waals surface area contributed by atoms with Crippen molar-refractivity contribution >= 4 is 26.1 Å². The largest absolute Gasteiger partial charge is 0.459 e. The van der Waals surface area contributed by atoms with E-state index in [1.165, 1.54) is 6.92 Å². The van der Waals surface area contributed by atoms with Crippen LogP contribution in [0.3, 0.4) is 0 Å². The third-order valence-electron chi connectivity index (χ3n) is 4.32. The summed E-state index contributed by atoms with van der Waals surface area (Å²) in [6.45, 7) is 17.5. The van der Waals surface area contributed by atoms with Crippen molar-refractivity contribution in [1.29, 1.82) is 0 Å². The number of esters is 2. The number of nitrogens with one attached hydrogen (secondary N) is 2. The van der Waals surface area contributed by atoms with Crippen LogP contribution >= 0.6 is 0 Å². The first kappa shape index (κ1) is 30.3. The SMILES string of the molecule is CN[C@@H](CC(C)C)C(=O)O[C@H](C)[C@H](NC(=O)OC(C)(C)C)C(=O)OCOCC[Si](C)(C)C. The van der Waals surface area contributed by atoms with Gasteiger partial charge < -0.3 is 29.6 Å². The molecule has 0 fully saturated rings. The first-order valence-corrected chi connectivity index (χ1v) is 14.9. The Morgan fingerprint density at radius 3 is 2.06 bits per heavy atom. The molecule has 0 spiro atoms. The average molecular weight is 477 g/mol. The van der Waals surface area contributed by atoms with Gasteiger partial charge in [-0.15, -0.1) is 0 Å². The van der Waals surface area contributed by atoms with Gasteiger partial charge in [0.15, 0.2) is 12.8 Å². The fourth-order valence-corrected chi connectivity index (χ4v) is 3.32. The smallest absolute Gasteiger partial charge is 0.408 e. The predicted molar refractivity (Wildman–Crippen MR) is 126 cm³/mol. The highest BCUT2D eigenvalue weighted by atomic mass is 28.3. The number of rotatable bonds is 13. The lowest BCUT2D eigenvalue weighted by atomic mass is 10.0. The number of amides is 1. The Morgan fingerprint density at radius 1 is 1.00 bits per heavy atom. The summed E-state index contributed by atoms with van der Waals surface area (Å²) in [6, 6.07) is -0.842. The summed E-state index contributed by atoms with van der Waals surface area (Å²) >= 11 is 0. The van der Waals surface area contributed by atoms with E-state index in [9.17, 15) is 14.4 Å². The predicted octanol–water partition coefficient (Wildman–Crippen LogP) is 3.30. The first-order valence-electron chi connectivity index (χ1n) is 11.2. The Morgan fingerprint density at radius 2 is 1.59 bits per heavy atom. The van der Waals surface area contributed by atoms with Gasteiger partial charge >= 0.3 is 18.0 Å². The van der Waals surface area contributed by atoms with Crippen LogP contribution in [0.2, 0.25) is 25.7 Å². The highest BCUT2D eigenvalue weighted by molar-refractivity contribution is 6.76. The molecule has 9 nitrogen and oxygen atoms in total. The minimum atomic E-state index is -1.27.